The van der Waals surface area contributed by atoms with Gasteiger partial charge in [-0.25, -0.2) is 4.98 Å². The smallest absolute Gasteiger partial charge is 0.139 e. The molecule has 1 atom stereocenters. The van der Waals surface area contributed by atoms with Crippen LogP contribution >= 0.6 is 15.9 Å². The second-order valence-electron chi connectivity index (χ2n) is 5.92. The van der Waals surface area contributed by atoms with Crippen LogP contribution < -0.4 is 5.32 Å². The lowest BCUT2D eigenvalue weighted by Crippen LogP contribution is -2.19. The van der Waals surface area contributed by atoms with Crippen LogP contribution in [0.5, 0.6) is 5.75 Å². The molecular weight excluding hydrogens is 370 g/mol. The number of pyridine rings is 1. The number of nitrogens with zero attached hydrogens (tertiary/aromatic N) is 2. The lowest BCUT2D eigenvalue weighted by Gasteiger charge is -2.13. The van der Waals surface area contributed by atoms with Gasteiger partial charge in [0, 0.05) is 29.4 Å². The third kappa shape index (κ3) is 2.87. The third-order valence-corrected chi connectivity index (χ3v) is 4.73. The number of imidazole rings is 1. The standard InChI is InChI=1S/C18H18BrN3O2/c19-12-7-8-16-21-17(14-5-1-2-6-15(14)23)18(22(16)11-12)20-10-13-4-3-9-24-13/h1-2,5-8,11,13,20,23H,3-4,9-10H2/t13-/m1/s1. The van der Waals surface area contributed by atoms with Gasteiger partial charge in [-0.05, 0) is 53.0 Å². The van der Waals surface area contributed by atoms with Crippen molar-refractivity contribution in [2.75, 3.05) is 18.5 Å². The van der Waals surface area contributed by atoms with E-state index in [-0.39, 0.29) is 11.9 Å². The highest BCUT2D eigenvalue weighted by molar-refractivity contribution is 9.10. The molecule has 0 aliphatic carbocycles. The molecular formula is C18H18BrN3O2. The van der Waals surface area contributed by atoms with E-state index in [0.29, 0.717) is 5.56 Å². The van der Waals surface area contributed by atoms with Gasteiger partial charge < -0.3 is 15.2 Å². The molecule has 0 radical (unpaired) electrons. The summed E-state index contributed by atoms with van der Waals surface area (Å²) in [5, 5.41) is 13.7. The first-order valence-electron chi connectivity index (χ1n) is 8.04. The number of anilines is 1. The molecule has 1 aliphatic heterocycles. The van der Waals surface area contributed by atoms with E-state index in [1.807, 2.05) is 40.9 Å². The minimum Gasteiger partial charge on any atom is -0.507 e. The van der Waals surface area contributed by atoms with Gasteiger partial charge in [0.25, 0.3) is 0 Å². The molecule has 0 spiro atoms. The van der Waals surface area contributed by atoms with Crippen LogP contribution in [0.4, 0.5) is 5.82 Å². The van der Waals surface area contributed by atoms with Gasteiger partial charge in [-0.2, -0.15) is 0 Å². The second-order valence-corrected chi connectivity index (χ2v) is 6.83. The summed E-state index contributed by atoms with van der Waals surface area (Å²) in [5.74, 6) is 1.09. The van der Waals surface area contributed by atoms with Crippen LogP contribution in [0.15, 0.2) is 47.1 Å². The number of halogens is 1. The number of fused-ring (bicyclic) bond motifs is 1. The fourth-order valence-corrected chi connectivity index (χ4v) is 3.40. The Hall–Kier alpha value is -2.05. The van der Waals surface area contributed by atoms with Gasteiger partial charge in [0.15, 0.2) is 0 Å². The lowest BCUT2D eigenvalue weighted by molar-refractivity contribution is 0.120. The molecule has 4 rings (SSSR count). The van der Waals surface area contributed by atoms with Crippen molar-refractivity contribution in [3.63, 3.8) is 0 Å². The van der Waals surface area contributed by atoms with Crippen LogP contribution in [0, 0.1) is 0 Å². The average molecular weight is 388 g/mol. The number of benzene rings is 1. The van der Waals surface area contributed by atoms with Gasteiger partial charge in [-0.1, -0.05) is 12.1 Å². The number of aromatic hydroxyl groups is 1. The summed E-state index contributed by atoms with van der Waals surface area (Å²) < 4.78 is 8.68. The summed E-state index contributed by atoms with van der Waals surface area (Å²) in [7, 11) is 0. The van der Waals surface area contributed by atoms with E-state index in [9.17, 15) is 5.11 Å². The van der Waals surface area contributed by atoms with E-state index in [1.54, 1.807) is 6.07 Å². The van der Waals surface area contributed by atoms with Crippen LogP contribution in [0.2, 0.25) is 0 Å². The quantitative estimate of drug-likeness (QED) is 0.708. The van der Waals surface area contributed by atoms with Crippen LogP contribution in [-0.4, -0.2) is 33.7 Å². The van der Waals surface area contributed by atoms with Gasteiger partial charge >= 0.3 is 0 Å². The molecule has 124 valence electrons. The molecule has 5 nitrogen and oxygen atoms in total. The lowest BCUT2D eigenvalue weighted by atomic mass is 10.1. The number of ether oxygens (including phenoxy) is 1. The molecule has 3 heterocycles. The van der Waals surface area contributed by atoms with E-state index in [2.05, 4.69) is 21.2 Å². The normalized spacial score (nSPS) is 17.5. The van der Waals surface area contributed by atoms with Crippen molar-refractivity contribution in [1.82, 2.24) is 9.38 Å². The van der Waals surface area contributed by atoms with Crippen molar-refractivity contribution in [2.45, 2.75) is 18.9 Å². The summed E-state index contributed by atoms with van der Waals surface area (Å²) in [6.45, 7) is 1.55. The molecule has 1 saturated heterocycles. The molecule has 1 aliphatic rings. The molecule has 2 N–H and O–H groups in total. The van der Waals surface area contributed by atoms with Crippen molar-refractivity contribution in [3.8, 4) is 17.0 Å². The van der Waals surface area contributed by atoms with Crippen molar-refractivity contribution in [3.05, 3.63) is 47.1 Å². The molecule has 1 aromatic carbocycles. The Kier molecular flexibility index (Phi) is 4.16. The maximum Gasteiger partial charge on any atom is 0.139 e. The van der Waals surface area contributed by atoms with E-state index in [4.69, 9.17) is 9.72 Å². The first-order chi connectivity index (χ1) is 11.7. The summed E-state index contributed by atoms with van der Waals surface area (Å²) in [6.07, 6.45) is 4.38. The number of para-hydroxylation sites is 1. The highest BCUT2D eigenvalue weighted by Gasteiger charge is 2.20. The molecule has 0 unspecified atom stereocenters. The van der Waals surface area contributed by atoms with Gasteiger partial charge in [0.2, 0.25) is 0 Å². The molecule has 1 fully saturated rings. The van der Waals surface area contributed by atoms with E-state index in [0.717, 1.165) is 47.6 Å². The molecule has 0 bridgehead atoms. The van der Waals surface area contributed by atoms with Crippen LogP contribution in [-0.2, 0) is 4.74 Å². The molecule has 0 saturated carbocycles. The topological polar surface area (TPSA) is 58.8 Å². The predicted molar refractivity (Wildman–Crippen MR) is 97.5 cm³/mol. The molecule has 6 heteroatoms. The second kappa shape index (κ2) is 6.45. The minimum absolute atomic E-state index is 0.222. The summed E-state index contributed by atoms with van der Waals surface area (Å²) >= 11 is 3.51. The summed E-state index contributed by atoms with van der Waals surface area (Å²) in [4.78, 5) is 4.71. The Balaban J connectivity index is 1.79. The minimum atomic E-state index is 0.222. The maximum absolute atomic E-state index is 10.2. The van der Waals surface area contributed by atoms with Gasteiger partial charge in [0.05, 0.1) is 6.10 Å². The zero-order valence-electron chi connectivity index (χ0n) is 13.1. The summed E-state index contributed by atoms with van der Waals surface area (Å²) in [6, 6.07) is 11.2. The number of phenolic OH excluding ortho intramolecular Hbond substituents is 1. The number of hydrogen-bond donors (Lipinski definition) is 2. The Morgan fingerprint density at radius 3 is 2.96 bits per heavy atom. The molecule has 24 heavy (non-hydrogen) atoms. The monoisotopic (exact) mass is 387 g/mol. The molecule has 3 aromatic rings. The van der Waals surface area contributed by atoms with E-state index < -0.39 is 0 Å². The van der Waals surface area contributed by atoms with Crippen molar-refractivity contribution >= 4 is 27.4 Å². The maximum atomic E-state index is 10.2. The predicted octanol–water partition coefficient (Wildman–Crippen LogP) is 4.06. The molecule has 2 aromatic heterocycles. The van der Waals surface area contributed by atoms with Crippen molar-refractivity contribution in [1.29, 1.82) is 0 Å². The average Bonchev–Trinajstić information content (AvgIpc) is 3.21. The summed E-state index contributed by atoms with van der Waals surface area (Å²) in [5.41, 5.74) is 2.28. The highest BCUT2D eigenvalue weighted by Crippen LogP contribution is 2.35. The number of phenols is 1. The zero-order valence-corrected chi connectivity index (χ0v) is 14.7. The Morgan fingerprint density at radius 2 is 2.17 bits per heavy atom. The Labute approximate surface area is 148 Å². The van der Waals surface area contributed by atoms with Gasteiger partial charge in [-0.15, -0.1) is 0 Å². The van der Waals surface area contributed by atoms with Gasteiger partial charge in [0.1, 0.15) is 22.9 Å². The van der Waals surface area contributed by atoms with Crippen LogP contribution in [0.25, 0.3) is 16.9 Å². The van der Waals surface area contributed by atoms with Crippen molar-refractivity contribution in [2.24, 2.45) is 0 Å². The van der Waals surface area contributed by atoms with E-state index in [1.165, 1.54) is 0 Å². The first-order valence-corrected chi connectivity index (χ1v) is 8.83. The zero-order chi connectivity index (χ0) is 16.5. The van der Waals surface area contributed by atoms with Crippen LogP contribution in [0.1, 0.15) is 12.8 Å². The fraction of sp³-hybridized carbons (Fsp3) is 0.278. The fourth-order valence-electron chi connectivity index (χ4n) is 3.07. The third-order valence-electron chi connectivity index (χ3n) is 4.26. The number of rotatable bonds is 4. The van der Waals surface area contributed by atoms with E-state index >= 15 is 0 Å². The Bertz CT molecular complexity index is 872. The SMILES string of the molecule is Oc1ccccc1-c1nc2ccc(Br)cn2c1NC[C@H]1CCCO1. The first kappa shape index (κ1) is 15.5. The van der Waals surface area contributed by atoms with Crippen LogP contribution in [0.3, 0.4) is 0 Å². The highest BCUT2D eigenvalue weighted by atomic mass is 79.9. The number of hydrogen-bond acceptors (Lipinski definition) is 4. The number of nitrogens with one attached hydrogen (secondary N) is 1. The van der Waals surface area contributed by atoms with Crippen molar-refractivity contribution < 1.29 is 9.84 Å². The largest absolute Gasteiger partial charge is 0.507 e. The van der Waals surface area contributed by atoms with Gasteiger partial charge in [-0.3, -0.25) is 4.40 Å². The Morgan fingerprint density at radius 1 is 1.29 bits per heavy atom. The molecule has 0 amide bonds. The number of aromatic nitrogens is 2.